The number of H-pyrrole nitrogens is 1. The van der Waals surface area contributed by atoms with E-state index in [1.54, 1.807) is 6.20 Å². The van der Waals surface area contributed by atoms with Crippen molar-refractivity contribution in [1.29, 1.82) is 0 Å². The van der Waals surface area contributed by atoms with Gasteiger partial charge in [0.25, 0.3) is 0 Å². The molecule has 18 heavy (non-hydrogen) atoms. The Labute approximate surface area is 105 Å². The number of nitrogens with one attached hydrogen (secondary N) is 1. The molecule has 92 valence electrons. The van der Waals surface area contributed by atoms with Crippen molar-refractivity contribution in [2.45, 2.75) is 19.6 Å². The van der Waals surface area contributed by atoms with E-state index in [-0.39, 0.29) is 0 Å². The van der Waals surface area contributed by atoms with Crippen molar-refractivity contribution in [3.8, 4) is 0 Å². The summed E-state index contributed by atoms with van der Waals surface area (Å²) < 4.78 is 1.81. The fraction of sp³-hybridized carbons (Fsp3) is 0.214. The Kier molecular flexibility index (Phi) is 2.64. The Balaban J connectivity index is 1.97. The number of hydrogen-bond donors (Lipinski definition) is 2. The molecule has 4 heteroatoms. The molecule has 0 spiro atoms. The van der Waals surface area contributed by atoms with Crippen molar-refractivity contribution in [2.24, 2.45) is 0 Å². The van der Waals surface area contributed by atoms with Gasteiger partial charge in [-0.3, -0.25) is 4.68 Å². The fourth-order valence-electron chi connectivity index (χ4n) is 2.13. The molecule has 0 aliphatic heterocycles. The number of aromatic nitrogens is 3. The molecule has 0 saturated carbocycles. The number of aliphatic hydroxyl groups is 1. The van der Waals surface area contributed by atoms with Crippen molar-refractivity contribution < 1.29 is 5.11 Å². The second-order valence-corrected chi connectivity index (χ2v) is 4.36. The lowest BCUT2D eigenvalue weighted by atomic mass is 10.0. The number of aromatic amines is 1. The van der Waals surface area contributed by atoms with Crippen LogP contribution in [0.2, 0.25) is 0 Å². The van der Waals surface area contributed by atoms with Gasteiger partial charge in [-0.2, -0.15) is 5.10 Å². The lowest BCUT2D eigenvalue weighted by molar-refractivity contribution is 0.220. The molecule has 2 N–H and O–H groups in total. The van der Waals surface area contributed by atoms with E-state index >= 15 is 0 Å². The first-order valence-corrected chi connectivity index (χ1v) is 6.05. The van der Waals surface area contributed by atoms with Crippen LogP contribution in [0.1, 0.15) is 24.2 Å². The first kappa shape index (κ1) is 11.0. The van der Waals surface area contributed by atoms with Gasteiger partial charge in [0.15, 0.2) is 0 Å². The van der Waals surface area contributed by atoms with E-state index < -0.39 is 6.10 Å². The summed E-state index contributed by atoms with van der Waals surface area (Å²) in [6.45, 7) is 2.83. The van der Waals surface area contributed by atoms with Gasteiger partial charge in [0.2, 0.25) is 0 Å². The highest BCUT2D eigenvalue weighted by atomic mass is 16.3. The van der Waals surface area contributed by atoms with Crippen LogP contribution in [0.4, 0.5) is 0 Å². The van der Waals surface area contributed by atoms with Crippen molar-refractivity contribution in [3.05, 3.63) is 54.0 Å². The predicted molar refractivity (Wildman–Crippen MR) is 70.3 cm³/mol. The van der Waals surface area contributed by atoms with E-state index in [9.17, 15) is 5.11 Å². The molecular weight excluding hydrogens is 226 g/mol. The van der Waals surface area contributed by atoms with Crippen LogP contribution in [0, 0.1) is 0 Å². The minimum atomic E-state index is -0.621. The van der Waals surface area contributed by atoms with Crippen LogP contribution in [0.3, 0.4) is 0 Å². The summed E-state index contributed by atoms with van der Waals surface area (Å²) in [5.74, 6) is 0. The van der Waals surface area contributed by atoms with Crippen molar-refractivity contribution in [2.75, 3.05) is 0 Å². The molecule has 1 aromatic carbocycles. The highest BCUT2D eigenvalue weighted by Gasteiger charge is 2.13. The van der Waals surface area contributed by atoms with E-state index in [0.717, 1.165) is 28.6 Å². The molecule has 2 heterocycles. The number of fused-ring (bicyclic) bond motifs is 1. The summed E-state index contributed by atoms with van der Waals surface area (Å²) in [7, 11) is 0. The molecule has 1 unspecified atom stereocenters. The second-order valence-electron chi connectivity index (χ2n) is 4.36. The van der Waals surface area contributed by atoms with Crippen molar-refractivity contribution in [1.82, 2.24) is 14.8 Å². The number of aryl methyl sites for hydroxylation is 1. The van der Waals surface area contributed by atoms with Gasteiger partial charge in [-0.1, -0.05) is 6.07 Å². The van der Waals surface area contributed by atoms with Crippen LogP contribution in [-0.4, -0.2) is 19.9 Å². The Morgan fingerprint density at radius 1 is 1.33 bits per heavy atom. The van der Waals surface area contributed by atoms with Gasteiger partial charge < -0.3 is 10.1 Å². The summed E-state index contributed by atoms with van der Waals surface area (Å²) >= 11 is 0. The summed E-state index contributed by atoms with van der Waals surface area (Å²) in [6.07, 6.45) is 4.88. The normalized spacial score (nSPS) is 13.0. The van der Waals surface area contributed by atoms with Crippen molar-refractivity contribution >= 4 is 10.9 Å². The van der Waals surface area contributed by atoms with E-state index in [1.165, 1.54) is 0 Å². The van der Waals surface area contributed by atoms with Gasteiger partial charge >= 0.3 is 0 Å². The van der Waals surface area contributed by atoms with Gasteiger partial charge in [-0.15, -0.1) is 0 Å². The Hall–Kier alpha value is -2.07. The highest BCUT2D eigenvalue weighted by Crippen LogP contribution is 2.24. The maximum Gasteiger partial charge on any atom is 0.107 e. The molecule has 0 aliphatic rings. The first-order valence-electron chi connectivity index (χ1n) is 6.05. The van der Waals surface area contributed by atoms with E-state index in [2.05, 4.69) is 10.1 Å². The highest BCUT2D eigenvalue weighted by molar-refractivity contribution is 5.80. The second kappa shape index (κ2) is 4.31. The number of rotatable bonds is 3. The Morgan fingerprint density at radius 3 is 3.00 bits per heavy atom. The minimum Gasteiger partial charge on any atom is -0.384 e. The van der Waals surface area contributed by atoms with Crippen LogP contribution in [-0.2, 0) is 6.54 Å². The maximum atomic E-state index is 10.3. The molecule has 0 saturated heterocycles. The minimum absolute atomic E-state index is 0.621. The molecule has 3 rings (SSSR count). The molecule has 1 atom stereocenters. The summed E-state index contributed by atoms with van der Waals surface area (Å²) in [5.41, 5.74) is 2.79. The number of hydrogen-bond acceptors (Lipinski definition) is 2. The quantitative estimate of drug-likeness (QED) is 0.740. The van der Waals surface area contributed by atoms with Gasteiger partial charge in [-0.25, -0.2) is 0 Å². The molecule has 3 aromatic rings. The molecule has 0 amide bonds. The van der Waals surface area contributed by atoms with Gasteiger partial charge in [0.1, 0.15) is 6.10 Å². The zero-order chi connectivity index (χ0) is 12.5. The third-order valence-corrected chi connectivity index (χ3v) is 3.19. The summed E-state index contributed by atoms with van der Waals surface area (Å²) in [6, 6.07) is 7.92. The monoisotopic (exact) mass is 241 g/mol. The smallest absolute Gasteiger partial charge is 0.107 e. The topological polar surface area (TPSA) is 53.8 Å². The third kappa shape index (κ3) is 1.80. The first-order chi connectivity index (χ1) is 8.78. The van der Waals surface area contributed by atoms with Crippen molar-refractivity contribution in [3.63, 3.8) is 0 Å². The molecule has 0 radical (unpaired) electrons. The number of aliphatic hydroxyl groups excluding tert-OH is 1. The fourth-order valence-corrected chi connectivity index (χ4v) is 2.13. The average Bonchev–Trinajstić information content (AvgIpc) is 3.05. The standard InChI is InChI=1S/C14H15N3O/c1-2-17-9-12(8-16-17)14(18)11-3-4-13-10(7-11)5-6-15-13/h3-9,14-15,18H,2H2,1H3. The third-order valence-electron chi connectivity index (χ3n) is 3.19. The van der Waals surface area contributed by atoms with Crippen LogP contribution in [0.5, 0.6) is 0 Å². The predicted octanol–water partition coefficient (Wildman–Crippen LogP) is 2.47. The molecule has 0 bridgehead atoms. The lowest BCUT2D eigenvalue weighted by Crippen LogP contribution is -1.98. The molecular formula is C14H15N3O. The van der Waals surface area contributed by atoms with Crippen LogP contribution < -0.4 is 0 Å². The average molecular weight is 241 g/mol. The molecule has 0 aliphatic carbocycles. The van der Waals surface area contributed by atoms with Crippen LogP contribution >= 0.6 is 0 Å². The number of benzene rings is 1. The summed E-state index contributed by atoms with van der Waals surface area (Å²) in [4.78, 5) is 3.14. The SMILES string of the molecule is CCn1cc(C(O)c2ccc3[nH]ccc3c2)cn1. The zero-order valence-corrected chi connectivity index (χ0v) is 10.2. The lowest BCUT2D eigenvalue weighted by Gasteiger charge is -2.08. The van der Waals surface area contributed by atoms with E-state index in [1.807, 2.05) is 48.3 Å². The van der Waals surface area contributed by atoms with Crippen LogP contribution in [0.25, 0.3) is 10.9 Å². The molecule has 0 fully saturated rings. The van der Waals surface area contributed by atoms with Gasteiger partial charge in [0, 0.05) is 30.0 Å². The van der Waals surface area contributed by atoms with E-state index in [4.69, 9.17) is 0 Å². The van der Waals surface area contributed by atoms with Gasteiger partial charge in [-0.05, 0) is 36.1 Å². The van der Waals surface area contributed by atoms with Crippen LogP contribution in [0.15, 0.2) is 42.9 Å². The van der Waals surface area contributed by atoms with E-state index in [0.29, 0.717) is 0 Å². The maximum absolute atomic E-state index is 10.3. The van der Waals surface area contributed by atoms with Gasteiger partial charge in [0.05, 0.1) is 6.20 Å². The largest absolute Gasteiger partial charge is 0.384 e. The molecule has 2 aromatic heterocycles. The summed E-state index contributed by atoms with van der Waals surface area (Å²) in [5, 5.41) is 15.6. The number of nitrogens with zero attached hydrogens (tertiary/aromatic N) is 2. The Bertz CT molecular complexity index is 668. The molecule has 4 nitrogen and oxygen atoms in total. The zero-order valence-electron chi connectivity index (χ0n) is 10.2. The Morgan fingerprint density at radius 2 is 2.22 bits per heavy atom.